The molecule has 22 heavy (non-hydrogen) atoms. The molecule has 1 aromatic rings. The second-order valence-electron chi connectivity index (χ2n) is 7.30. The third-order valence-electron chi connectivity index (χ3n) is 4.63. The van der Waals surface area contributed by atoms with Crippen molar-refractivity contribution in [2.75, 3.05) is 19.6 Å². The summed E-state index contributed by atoms with van der Waals surface area (Å²) in [7, 11) is 0. The number of carbonyl (C=O) groups excluding carboxylic acids is 2. The number of carbonyl (C=O) groups is 2. The molecule has 2 fully saturated rings. The largest absolute Gasteiger partial charge is 0.341 e. The van der Waals surface area contributed by atoms with Gasteiger partial charge < -0.3 is 9.80 Å². The van der Waals surface area contributed by atoms with Gasteiger partial charge >= 0.3 is 0 Å². The molecule has 2 aliphatic rings. The number of rotatable bonds is 2. The molecule has 1 atom stereocenters. The predicted molar refractivity (Wildman–Crippen MR) is 83.1 cm³/mol. The summed E-state index contributed by atoms with van der Waals surface area (Å²) in [5.41, 5.74) is 0.977. The van der Waals surface area contributed by atoms with Crippen LogP contribution in [0.1, 0.15) is 38.7 Å². The molecule has 5 heteroatoms. The normalized spacial score (nSPS) is 22.9. The molecule has 1 unspecified atom stereocenters. The average Bonchev–Trinajstić information content (AvgIpc) is 2.80. The van der Waals surface area contributed by atoms with E-state index < -0.39 is 0 Å². The van der Waals surface area contributed by atoms with Crippen molar-refractivity contribution in [2.45, 2.75) is 38.6 Å². The van der Waals surface area contributed by atoms with E-state index in [9.17, 15) is 9.59 Å². The lowest BCUT2D eigenvalue weighted by Gasteiger charge is -2.41. The van der Waals surface area contributed by atoms with Crippen LogP contribution in [0, 0.1) is 5.92 Å². The van der Waals surface area contributed by atoms with Gasteiger partial charge in [0.25, 0.3) is 0 Å². The molecule has 2 aliphatic heterocycles. The fourth-order valence-electron chi connectivity index (χ4n) is 3.27. The number of likely N-dealkylation sites (tertiary alicyclic amines) is 2. The number of pyridine rings is 1. The molecule has 2 amide bonds. The molecule has 0 spiro atoms. The van der Waals surface area contributed by atoms with Crippen LogP contribution in [0.4, 0.5) is 0 Å². The Balaban J connectivity index is 1.57. The van der Waals surface area contributed by atoms with E-state index >= 15 is 0 Å². The van der Waals surface area contributed by atoms with Crippen LogP contribution in [0.5, 0.6) is 0 Å². The van der Waals surface area contributed by atoms with Crippen LogP contribution < -0.4 is 0 Å². The second-order valence-corrected chi connectivity index (χ2v) is 7.30. The maximum Gasteiger partial charge on any atom is 0.228 e. The van der Waals surface area contributed by atoms with E-state index in [1.165, 1.54) is 5.56 Å². The van der Waals surface area contributed by atoms with E-state index in [-0.39, 0.29) is 23.3 Å². The Morgan fingerprint density at radius 3 is 2.55 bits per heavy atom. The van der Waals surface area contributed by atoms with Gasteiger partial charge in [-0.05, 0) is 32.4 Å². The topological polar surface area (TPSA) is 53.5 Å². The zero-order chi connectivity index (χ0) is 15.9. The quantitative estimate of drug-likeness (QED) is 0.834. The highest BCUT2D eigenvalue weighted by Gasteiger charge is 2.43. The molecule has 0 bridgehead atoms. The van der Waals surface area contributed by atoms with Crippen LogP contribution in [-0.4, -0.2) is 51.8 Å². The zero-order valence-electron chi connectivity index (χ0n) is 13.5. The molecule has 0 aromatic carbocycles. The molecule has 2 saturated heterocycles. The molecule has 5 nitrogen and oxygen atoms in total. The molecule has 0 aliphatic carbocycles. The van der Waals surface area contributed by atoms with Crippen molar-refractivity contribution in [1.82, 2.24) is 14.8 Å². The van der Waals surface area contributed by atoms with Gasteiger partial charge in [0.2, 0.25) is 11.8 Å². The first-order valence-electron chi connectivity index (χ1n) is 7.85. The lowest BCUT2D eigenvalue weighted by atomic mass is 9.91. The van der Waals surface area contributed by atoms with Crippen LogP contribution in [0.25, 0.3) is 0 Å². The number of aromatic nitrogens is 1. The molecule has 0 saturated carbocycles. The monoisotopic (exact) mass is 301 g/mol. The van der Waals surface area contributed by atoms with E-state index in [4.69, 9.17) is 0 Å². The van der Waals surface area contributed by atoms with Gasteiger partial charge in [0.05, 0.1) is 5.92 Å². The van der Waals surface area contributed by atoms with Gasteiger partial charge in [0, 0.05) is 49.9 Å². The molecule has 3 heterocycles. The van der Waals surface area contributed by atoms with E-state index in [0.29, 0.717) is 18.9 Å². The first kappa shape index (κ1) is 15.0. The van der Waals surface area contributed by atoms with Crippen molar-refractivity contribution >= 4 is 11.8 Å². The maximum absolute atomic E-state index is 12.6. The molecule has 0 N–H and O–H groups in total. The van der Waals surface area contributed by atoms with Gasteiger partial charge in [0.15, 0.2) is 0 Å². The Morgan fingerprint density at radius 1 is 1.27 bits per heavy atom. The lowest BCUT2D eigenvalue weighted by Crippen LogP contribution is -2.51. The average molecular weight is 301 g/mol. The summed E-state index contributed by atoms with van der Waals surface area (Å²) >= 11 is 0. The molecule has 0 radical (unpaired) electrons. The number of amides is 2. The van der Waals surface area contributed by atoms with Crippen molar-refractivity contribution in [2.24, 2.45) is 5.92 Å². The van der Waals surface area contributed by atoms with Crippen molar-refractivity contribution in [3.8, 4) is 0 Å². The van der Waals surface area contributed by atoms with Gasteiger partial charge in [-0.2, -0.15) is 0 Å². The highest BCUT2D eigenvalue weighted by Crippen LogP contribution is 2.32. The van der Waals surface area contributed by atoms with Crippen molar-refractivity contribution in [3.63, 3.8) is 0 Å². The standard InChI is InChI=1S/C17H23N3O2/c1-17(2,3)20-11-13(7-15(20)21)16(22)19-9-14(10-19)12-5-4-6-18-8-12/h4-6,8,13-14H,7,9-11H2,1-3H3. The lowest BCUT2D eigenvalue weighted by molar-refractivity contribution is -0.140. The highest BCUT2D eigenvalue weighted by molar-refractivity contribution is 5.90. The third kappa shape index (κ3) is 2.72. The maximum atomic E-state index is 12.6. The van der Waals surface area contributed by atoms with Crippen LogP contribution in [0.15, 0.2) is 24.5 Å². The minimum Gasteiger partial charge on any atom is -0.341 e. The summed E-state index contributed by atoms with van der Waals surface area (Å²) in [4.78, 5) is 32.5. The summed E-state index contributed by atoms with van der Waals surface area (Å²) in [5, 5.41) is 0. The summed E-state index contributed by atoms with van der Waals surface area (Å²) in [6.07, 6.45) is 3.98. The molecule has 118 valence electrons. The first-order chi connectivity index (χ1) is 10.4. The van der Waals surface area contributed by atoms with E-state index in [1.54, 1.807) is 6.20 Å². The Hall–Kier alpha value is -1.91. The summed E-state index contributed by atoms with van der Waals surface area (Å²) in [5.74, 6) is 0.422. The molecule has 1 aromatic heterocycles. The van der Waals surface area contributed by atoms with Crippen LogP contribution in [0.2, 0.25) is 0 Å². The van der Waals surface area contributed by atoms with Crippen LogP contribution in [0.3, 0.4) is 0 Å². The Morgan fingerprint density at radius 2 is 2.00 bits per heavy atom. The molecular formula is C17H23N3O2. The van der Waals surface area contributed by atoms with Gasteiger partial charge in [-0.3, -0.25) is 14.6 Å². The predicted octanol–water partition coefficient (Wildman–Crippen LogP) is 1.65. The van der Waals surface area contributed by atoms with Crippen molar-refractivity contribution in [3.05, 3.63) is 30.1 Å². The van der Waals surface area contributed by atoms with Crippen molar-refractivity contribution < 1.29 is 9.59 Å². The fraction of sp³-hybridized carbons (Fsp3) is 0.588. The highest BCUT2D eigenvalue weighted by atomic mass is 16.2. The summed E-state index contributed by atoms with van der Waals surface area (Å²) < 4.78 is 0. The SMILES string of the molecule is CC(C)(C)N1CC(C(=O)N2CC(c3cccnc3)C2)CC1=O. The summed E-state index contributed by atoms with van der Waals surface area (Å²) in [6.45, 7) is 8.07. The van der Waals surface area contributed by atoms with E-state index in [2.05, 4.69) is 11.1 Å². The molecular weight excluding hydrogens is 278 g/mol. The Kier molecular flexibility index (Phi) is 3.67. The molecule has 3 rings (SSSR count). The van der Waals surface area contributed by atoms with Gasteiger partial charge in [-0.1, -0.05) is 6.07 Å². The zero-order valence-corrected chi connectivity index (χ0v) is 13.5. The Bertz CT molecular complexity index is 573. The second kappa shape index (κ2) is 5.38. The first-order valence-corrected chi connectivity index (χ1v) is 7.85. The van der Waals surface area contributed by atoms with E-state index in [0.717, 1.165) is 13.1 Å². The number of hydrogen-bond donors (Lipinski definition) is 0. The van der Waals surface area contributed by atoms with Crippen LogP contribution >= 0.6 is 0 Å². The van der Waals surface area contributed by atoms with Gasteiger partial charge in [-0.25, -0.2) is 0 Å². The minimum atomic E-state index is -0.209. The van der Waals surface area contributed by atoms with E-state index in [1.807, 2.05) is 42.8 Å². The van der Waals surface area contributed by atoms with Gasteiger partial charge in [0.1, 0.15) is 0 Å². The van der Waals surface area contributed by atoms with Crippen LogP contribution in [-0.2, 0) is 9.59 Å². The number of nitrogens with zero attached hydrogens (tertiary/aromatic N) is 3. The smallest absolute Gasteiger partial charge is 0.228 e. The fourth-order valence-corrected chi connectivity index (χ4v) is 3.27. The Labute approximate surface area is 131 Å². The summed E-state index contributed by atoms with van der Waals surface area (Å²) in [6, 6.07) is 3.98. The van der Waals surface area contributed by atoms with Crippen molar-refractivity contribution in [1.29, 1.82) is 0 Å². The van der Waals surface area contributed by atoms with Gasteiger partial charge in [-0.15, -0.1) is 0 Å². The minimum absolute atomic E-state index is 0.0928. The number of hydrogen-bond acceptors (Lipinski definition) is 3. The third-order valence-corrected chi connectivity index (χ3v) is 4.63.